The summed E-state index contributed by atoms with van der Waals surface area (Å²) in [6, 6.07) is 17.1. The molecule has 0 spiro atoms. The number of piperidine rings is 1. The zero-order valence-electron chi connectivity index (χ0n) is 23.0. The number of nitriles is 1. The van der Waals surface area contributed by atoms with Gasteiger partial charge in [0.05, 0.1) is 29.4 Å². The maximum atomic E-state index is 13.9. The Morgan fingerprint density at radius 1 is 1.21 bits per heavy atom. The predicted molar refractivity (Wildman–Crippen MR) is 150 cm³/mol. The molecular formula is C31H38FN5O2. The van der Waals surface area contributed by atoms with E-state index in [0.29, 0.717) is 48.6 Å². The quantitative estimate of drug-likeness (QED) is 0.475. The summed E-state index contributed by atoms with van der Waals surface area (Å²) < 4.78 is 13.9. The normalized spacial score (nSPS) is 17.4. The van der Waals surface area contributed by atoms with E-state index in [0.717, 1.165) is 54.2 Å². The van der Waals surface area contributed by atoms with Crippen LogP contribution >= 0.6 is 0 Å². The van der Waals surface area contributed by atoms with Gasteiger partial charge in [-0.1, -0.05) is 18.2 Å². The Morgan fingerprint density at radius 2 is 1.92 bits per heavy atom. The Bertz CT molecular complexity index is 1260. The van der Waals surface area contributed by atoms with Crippen LogP contribution in [0, 0.1) is 17.1 Å². The van der Waals surface area contributed by atoms with E-state index < -0.39 is 0 Å². The number of rotatable bonds is 9. The van der Waals surface area contributed by atoms with E-state index in [1.165, 1.54) is 6.07 Å². The van der Waals surface area contributed by atoms with Gasteiger partial charge in [0.15, 0.2) is 0 Å². The fourth-order valence-electron chi connectivity index (χ4n) is 5.51. The van der Waals surface area contributed by atoms with Crippen molar-refractivity contribution >= 4 is 11.6 Å². The number of hydrogen-bond donors (Lipinski definition) is 2. The molecule has 1 atom stereocenters. The molecule has 39 heavy (non-hydrogen) atoms. The molecule has 2 aromatic carbocycles. The van der Waals surface area contributed by atoms with E-state index in [9.17, 15) is 19.7 Å². The second-order valence-corrected chi connectivity index (χ2v) is 10.5. The third-order valence-corrected chi connectivity index (χ3v) is 7.92. The largest absolute Gasteiger partial charge is 0.364 e. The molecule has 1 unspecified atom stereocenters. The van der Waals surface area contributed by atoms with Gasteiger partial charge in [-0.15, -0.1) is 0 Å². The predicted octanol–water partition coefficient (Wildman–Crippen LogP) is 4.99. The van der Waals surface area contributed by atoms with Crippen LogP contribution in [0.4, 0.5) is 10.1 Å². The summed E-state index contributed by atoms with van der Waals surface area (Å²) in [4.78, 5) is 17.6. The molecule has 8 heteroatoms. The van der Waals surface area contributed by atoms with Crippen LogP contribution in [0.25, 0.3) is 0 Å². The third kappa shape index (κ3) is 7.05. The molecule has 1 saturated heterocycles. The smallest absolute Gasteiger partial charge is 0.253 e. The number of carbonyl (C=O) groups excluding carboxylic acids is 1. The second kappa shape index (κ2) is 12.9. The molecule has 0 aromatic heterocycles. The van der Waals surface area contributed by atoms with Crippen LogP contribution in [-0.2, 0) is 11.3 Å². The summed E-state index contributed by atoms with van der Waals surface area (Å²) in [5.41, 5.74) is 4.57. The highest BCUT2D eigenvalue weighted by Gasteiger charge is 2.28. The van der Waals surface area contributed by atoms with Crippen molar-refractivity contribution in [1.29, 1.82) is 5.26 Å². The fourth-order valence-corrected chi connectivity index (χ4v) is 5.51. The van der Waals surface area contributed by atoms with Gasteiger partial charge in [-0.05, 0) is 87.6 Å². The number of nitrogens with one attached hydrogen (secondary N) is 1. The van der Waals surface area contributed by atoms with Crippen molar-refractivity contribution in [2.75, 3.05) is 31.1 Å². The van der Waals surface area contributed by atoms with Gasteiger partial charge in [0.1, 0.15) is 5.82 Å². The summed E-state index contributed by atoms with van der Waals surface area (Å²) in [5.74, 6) is -0.390. The number of benzene rings is 2. The lowest BCUT2D eigenvalue weighted by Crippen LogP contribution is -2.48. The van der Waals surface area contributed by atoms with Crippen molar-refractivity contribution in [1.82, 2.24) is 15.3 Å². The summed E-state index contributed by atoms with van der Waals surface area (Å²) in [6.45, 7) is 9.27. The Morgan fingerprint density at radius 3 is 2.59 bits per heavy atom. The molecule has 0 bridgehead atoms. The SMILES string of the molecule is CC1=CCN(O)C(C)=C1C(=O)NCCC(C)N1CCC(N(Cc2cccc(F)c2)c2ccc(C#N)cc2)CC1. The maximum absolute atomic E-state index is 13.9. The number of halogens is 1. The van der Waals surface area contributed by atoms with Gasteiger partial charge >= 0.3 is 0 Å². The lowest BCUT2D eigenvalue weighted by Gasteiger charge is -2.42. The second-order valence-electron chi connectivity index (χ2n) is 10.5. The highest BCUT2D eigenvalue weighted by Crippen LogP contribution is 2.28. The fraction of sp³-hybridized carbons (Fsp3) is 0.419. The maximum Gasteiger partial charge on any atom is 0.253 e. The van der Waals surface area contributed by atoms with Crippen molar-refractivity contribution in [3.05, 3.63) is 88.4 Å². The Hall–Kier alpha value is -3.67. The standard InChI is InChI=1S/C31H38FN5O2/c1-22-12-18-37(39)24(3)30(22)31(38)34-15-11-23(2)35-16-13-29(14-17-35)36(21-26-5-4-6-27(32)19-26)28-9-7-25(20-33)8-10-28/h4-10,12,19,23,29,39H,11,13-18,21H2,1-3H3,(H,34,38). The minimum absolute atomic E-state index is 0.152. The molecule has 1 fully saturated rings. The summed E-state index contributed by atoms with van der Waals surface area (Å²) in [7, 11) is 0. The number of nitrogens with zero attached hydrogens (tertiary/aromatic N) is 4. The summed E-state index contributed by atoms with van der Waals surface area (Å²) in [5, 5.41) is 23.3. The van der Waals surface area contributed by atoms with Crippen molar-refractivity contribution in [3.63, 3.8) is 0 Å². The van der Waals surface area contributed by atoms with Crippen molar-refractivity contribution in [2.45, 2.75) is 58.7 Å². The van der Waals surface area contributed by atoms with Gasteiger partial charge in [0, 0.05) is 44.0 Å². The molecule has 206 valence electrons. The zero-order chi connectivity index (χ0) is 27.9. The van der Waals surface area contributed by atoms with Crippen LogP contribution in [-0.4, -0.2) is 59.3 Å². The molecule has 1 amide bonds. The number of allylic oxidation sites excluding steroid dienone is 1. The third-order valence-electron chi connectivity index (χ3n) is 7.92. The number of hydrogen-bond acceptors (Lipinski definition) is 6. The van der Waals surface area contributed by atoms with Gasteiger partial charge < -0.3 is 15.1 Å². The van der Waals surface area contributed by atoms with Crippen molar-refractivity contribution in [2.24, 2.45) is 0 Å². The van der Waals surface area contributed by atoms with Crippen LogP contribution < -0.4 is 10.2 Å². The van der Waals surface area contributed by atoms with E-state index in [-0.39, 0.29) is 11.7 Å². The molecule has 2 aromatic rings. The van der Waals surface area contributed by atoms with E-state index in [1.807, 2.05) is 43.3 Å². The number of anilines is 1. The van der Waals surface area contributed by atoms with Crippen LogP contribution in [0.1, 0.15) is 51.2 Å². The van der Waals surface area contributed by atoms with E-state index in [1.54, 1.807) is 19.1 Å². The number of amides is 1. The van der Waals surface area contributed by atoms with Gasteiger partial charge in [-0.3, -0.25) is 15.1 Å². The first-order valence-corrected chi connectivity index (χ1v) is 13.6. The molecule has 2 aliphatic heterocycles. The molecule has 4 rings (SSSR count). The molecule has 0 radical (unpaired) electrons. The molecule has 0 saturated carbocycles. The lowest BCUT2D eigenvalue weighted by molar-refractivity contribution is -0.118. The van der Waals surface area contributed by atoms with Gasteiger partial charge in [0.2, 0.25) is 0 Å². The number of likely N-dealkylation sites (tertiary alicyclic amines) is 1. The summed E-state index contributed by atoms with van der Waals surface area (Å²) >= 11 is 0. The molecular weight excluding hydrogens is 493 g/mol. The van der Waals surface area contributed by atoms with Crippen LogP contribution in [0.3, 0.4) is 0 Å². The van der Waals surface area contributed by atoms with Crippen LogP contribution in [0.2, 0.25) is 0 Å². The molecule has 7 nitrogen and oxygen atoms in total. The monoisotopic (exact) mass is 531 g/mol. The summed E-state index contributed by atoms with van der Waals surface area (Å²) in [6.07, 6.45) is 4.62. The Balaban J connectivity index is 1.33. The van der Waals surface area contributed by atoms with Gasteiger partial charge in [-0.25, -0.2) is 4.39 Å². The molecule has 2 heterocycles. The molecule has 2 N–H and O–H groups in total. The average molecular weight is 532 g/mol. The number of hydroxylamine groups is 2. The zero-order valence-corrected chi connectivity index (χ0v) is 23.0. The minimum atomic E-state index is -0.238. The van der Waals surface area contributed by atoms with Crippen molar-refractivity contribution < 1.29 is 14.4 Å². The van der Waals surface area contributed by atoms with Crippen molar-refractivity contribution in [3.8, 4) is 6.07 Å². The van der Waals surface area contributed by atoms with E-state index in [4.69, 9.17) is 0 Å². The topological polar surface area (TPSA) is 82.8 Å². The lowest BCUT2D eigenvalue weighted by atomic mass is 9.99. The minimum Gasteiger partial charge on any atom is -0.364 e. The first-order chi connectivity index (χ1) is 18.8. The highest BCUT2D eigenvalue weighted by molar-refractivity contribution is 5.98. The van der Waals surface area contributed by atoms with Crippen LogP contribution in [0.5, 0.6) is 0 Å². The molecule has 2 aliphatic rings. The van der Waals surface area contributed by atoms with E-state index in [2.05, 4.69) is 28.1 Å². The van der Waals surface area contributed by atoms with Gasteiger partial charge in [0.25, 0.3) is 5.91 Å². The van der Waals surface area contributed by atoms with Gasteiger partial charge in [-0.2, -0.15) is 5.26 Å². The highest BCUT2D eigenvalue weighted by atomic mass is 19.1. The van der Waals surface area contributed by atoms with Crippen LogP contribution in [0.15, 0.2) is 71.5 Å². The average Bonchev–Trinajstić information content (AvgIpc) is 2.94. The Kier molecular flexibility index (Phi) is 9.39. The first-order valence-electron chi connectivity index (χ1n) is 13.6. The van der Waals surface area contributed by atoms with E-state index >= 15 is 0 Å². The first kappa shape index (κ1) is 28.3. The number of carbonyl (C=O) groups is 1. The molecule has 0 aliphatic carbocycles. The Labute approximate surface area is 230 Å².